The smallest absolute Gasteiger partial charge is 0.0487 e. The Morgan fingerprint density at radius 3 is 2.71 bits per heavy atom. The molecule has 0 saturated heterocycles. The van der Waals surface area contributed by atoms with E-state index in [1.807, 2.05) is 0 Å². The molecule has 0 bridgehead atoms. The van der Waals surface area contributed by atoms with E-state index in [-0.39, 0.29) is 0 Å². The minimum atomic E-state index is 0.794. The third kappa shape index (κ3) is 5.12. The van der Waals surface area contributed by atoms with Gasteiger partial charge in [0, 0.05) is 16.7 Å². The van der Waals surface area contributed by atoms with Gasteiger partial charge in [-0.05, 0) is 52.9 Å². The van der Waals surface area contributed by atoms with E-state index >= 15 is 0 Å². The van der Waals surface area contributed by atoms with Gasteiger partial charge in [0.15, 0.2) is 0 Å². The van der Waals surface area contributed by atoms with Crippen LogP contribution in [-0.4, -0.2) is 6.54 Å². The van der Waals surface area contributed by atoms with Gasteiger partial charge in [-0.25, -0.2) is 0 Å². The first-order chi connectivity index (χ1) is 8.17. The topological polar surface area (TPSA) is 12.0 Å². The number of rotatable bonds is 7. The highest BCUT2D eigenvalue weighted by Crippen LogP contribution is 2.24. The van der Waals surface area contributed by atoms with E-state index < -0.39 is 0 Å². The molecule has 0 aliphatic carbocycles. The fourth-order valence-corrected chi connectivity index (χ4v) is 2.36. The van der Waals surface area contributed by atoms with E-state index in [2.05, 4.69) is 60.2 Å². The van der Waals surface area contributed by atoms with E-state index in [1.165, 1.54) is 36.9 Å². The van der Waals surface area contributed by atoms with E-state index in [0.29, 0.717) is 0 Å². The largest absolute Gasteiger partial charge is 0.384 e. The van der Waals surface area contributed by atoms with Crippen molar-refractivity contribution in [2.24, 2.45) is 5.92 Å². The molecular weight excluding hydrogens is 274 g/mol. The summed E-state index contributed by atoms with van der Waals surface area (Å²) < 4.78 is 1.16. The summed E-state index contributed by atoms with van der Waals surface area (Å²) in [7, 11) is 0. The van der Waals surface area contributed by atoms with Crippen molar-refractivity contribution in [3.63, 3.8) is 0 Å². The Hall–Kier alpha value is -0.500. The van der Waals surface area contributed by atoms with Crippen LogP contribution in [0.1, 0.15) is 45.1 Å². The van der Waals surface area contributed by atoms with E-state index in [4.69, 9.17) is 0 Å². The van der Waals surface area contributed by atoms with Gasteiger partial charge in [-0.15, -0.1) is 0 Å². The average molecular weight is 298 g/mol. The number of nitrogens with one attached hydrogen (secondary N) is 1. The zero-order valence-electron chi connectivity index (χ0n) is 11.2. The van der Waals surface area contributed by atoms with E-state index in [9.17, 15) is 0 Å². The van der Waals surface area contributed by atoms with Gasteiger partial charge in [0.25, 0.3) is 0 Å². The number of aryl methyl sites for hydroxylation is 1. The Bertz CT molecular complexity index is 336. The molecule has 0 aliphatic heterocycles. The molecule has 0 spiro atoms. The molecule has 0 aliphatic rings. The van der Waals surface area contributed by atoms with Gasteiger partial charge < -0.3 is 5.32 Å². The Balaban J connectivity index is 2.50. The molecule has 0 heterocycles. The van der Waals surface area contributed by atoms with Gasteiger partial charge in [-0.2, -0.15) is 0 Å². The molecule has 1 N–H and O–H groups in total. The van der Waals surface area contributed by atoms with Crippen molar-refractivity contribution in [1.29, 1.82) is 0 Å². The molecule has 1 nitrogen and oxygen atoms in total. The predicted octanol–water partition coefficient (Wildman–Crippen LogP) is 5.39. The average Bonchev–Trinajstić information content (AvgIpc) is 2.33. The molecular formula is C15H24BrN. The molecule has 0 saturated carbocycles. The highest BCUT2D eigenvalue weighted by Gasteiger charge is 2.06. The molecule has 1 aromatic rings. The molecule has 96 valence electrons. The summed E-state index contributed by atoms with van der Waals surface area (Å²) in [5.74, 6) is 0.794. The number of halogens is 1. The molecule has 1 unspecified atom stereocenters. The van der Waals surface area contributed by atoms with Crippen molar-refractivity contribution in [3.8, 4) is 0 Å². The van der Waals surface area contributed by atoms with Gasteiger partial charge in [0.05, 0.1) is 0 Å². The maximum atomic E-state index is 3.59. The first-order valence-electron chi connectivity index (χ1n) is 6.67. The fraction of sp³-hybridized carbons (Fsp3) is 0.600. The molecule has 0 amide bonds. The molecule has 17 heavy (non-hydrogen) atoms. The lowest BCUT2D eigenvalue weighted by Crippen LogP contribution is -2.14. The van der Waals surface area contributed by atoms with Crippen LogP contribution in [0.25, 0.3) is 0 Å². The predicted molar refractivity (Wildman–Crippen MR) is 80.7 cm³/mol. The van der Waals surface area contributed by atoms with E-state index in [0.717, 1.165) is 16.9 Å². The molecule has 2 heteroatoms. The summed E-state index contributed by atoms with van der Waals surface area (Å²) >= 11 is 3.59. The number of hydrogen-bond donors (Lipinski definition) is 1. The second-order valence-electron chi connectivity index (χ2n) is 4.78. The fourth-order valence-electron chi connectivity index (χ4n) is 1.97. The van der Waals surface area contributed by atoms with Crippen LogP contribution in [0.5, 0.6) is 0 Å². The van der Waals surface area contributed by atoms with Crippen LogP contribution < -0.4 is 5.32 Å². The van der Waals surface area contributed by atoms with Gasteiger partial charge in [-0.3, -0.25) is 0 Å². The van der Waals surface area contributed by atoms with Crippen molar-refractivity contribution >= 4 is 21.6 Å². The van der Waals surface area contributed by atoms with Crippen LogP contribution in [0, 0.1) is 12.8 Å². The molecule has 1 aromatic carbocycles. The van der Waals surface area contributed by atoms with E-state index in [1.54, 1.807) is 0 Å². The van der Waals surface area contributed by atoms with Crippen LogP contribution in [0.4, 0.5) is 5.69 Å². The van der Waals surface area contributed by atoms with Crippen molar-refractivity contribution in [2.45, 2.75) is 46.5 Å². The summed E-state index contributed by atoms with van der Waals surface area (Å²) in [6, 6.07) is 6.45. The maximum absolute atomic E-state index is 3.59. The SMILES string of the molecule is CCCCC(CC)CNc1cc(C)ccc1Br. The lowest BCUT2D eigenvalue weighted by molar-refractivity contribution is 0.473. The first-order valence-corrected chi connectivity index (χ1v) is 7.46. The van der Waals surface area contributed by atoms with Crippen LogP contribution >= 0.6 is 15.9 Å². The van der Waals surface area contributed by atoms with Gasteiger partial charge in [0.2, 0.25) is 0 Å². The number of unbranched alkanes of at least 4 members (excludes halogenated alkanes) is 1. The minimum Gasteiger partial charge on any atom is -0.384 e. The summed E-state index contributed by atoms with van der Waals surface area (Å²) in [6.45, 7) is 7.76. The zero-order valence-corrected chi connectivity index (χ0v) is 12.8. The van der Waals surface area contributed by atoms with Gasteiger partial charge in [0.1, 0.15) is 0 Å². The van der Waals surface area contributed by atoms with Gasteiger partial charge >= 0.3 is 0 Å². The van der Waals surface area contributed by atoms with Crippen molar-refractivity contribution in [3.05, 3.63) is 28.2 Å². The minimum absolute atomic E-state index is 0.794. The third-order valence-electron chi connectivity index (χ3n) is 3.25. The Kier molecular flexibility index (Phi) is 6.64. The monoisotopic (exact) mass is 297 g/mol. The molecule has 1 atom stereocenters. The van der Waals surface area contributed by atoms with Crippen LogP contribution in [0.2, 0.25) is 0 Å². The van der Waals surface area contributed by atoms with Crippen LogP contribution in [0.3, 0.4) is 0 Å². The zero-order chi connectivity index (χ0) is 12.7. The molecule has 0 aromatic heterocycles. The summed E-state index contributed by atoms with van der Waals surface area (Å²) in [6.07, 6.45) is 5.24. The second kappa shape index (κ2) is 7.75. The Morgan fingerprint density at radius 1 is 1.29 bits per heavy atom. The summed E-state index contributed by atoms with van der Waals surface area (Å²) in [5.41, 5.74) is 2.53. The Labute approximate surface area is 114 Å². The molecule has 1 rings (SSSR count). The molecule has 0 radical (unpaired) electrons. The van der Waals surface area contributed by atoms with Crippen LogP contribution in [0.15, 0.2) is 22.7 Å². The normalized spacial score (nSPS) is 12.5. The van der Waals surface area contributed by atoms with Crippen molar-refractivity contribution in [1.82, 2.24) is 0 Å². The standard InChI is InChI=1S/C15H24BrN/c1-4-6-7-13(5-2)11-17-15-10-12(3)8-9-14(15)16/h8-10,13,17H,4-7,11H2,1-3H3. The Morgan fingerprint density at radius 2 is 2.06 bits per heavy atom. The molecule has 0 fully saturated rings. The lowest BCUT2D eigenvalue weighted by atomic mass is 9.99. The first kappa shape index (κ1) is 14.6. The third-order valence-corrected chi connectivity index (χ3v) is 3.94. The highest BCUT2D eigenvalue weighted by molar-refractivity contribution is 9.10. The summed E-state index contributed by atoms with van der Waals surface area (Å²) in [4.78, 5) is 0. The summed E-state index contributed by atoms with van der Waals surface area (Å²) in [5, 5.41) is 3.57. The van der Waals surface area contributed by atoms with Crippen LogP contribution in [-0.2, 0) is 0 Å². The maximum Gasteiger partial charge on any atom is 0.0487 e. The number of hydrogen-bond acceptors (Lipinski definition) is 1. The second-order valence-corrected chi connectivity index (χ2v) is 5.64. The number of anilines is 1. The highest BCUT2D eigenvalue weighted by atomic mass is 79.9. The lowest BCUT2D eigenvalue weighted by Gasteiger charge is -2.17. The quantitative estimate of drug-likeness (QED) is 0.712. The van der Waals surface area contributed by atoms with Gasteiger partial charge in [-0.1, -0.05) is 39.2 Å². The van der Waals surface area contributed by atoms with Crippen molar-refractivity contribution < 1.29 is 0 Å². The van der Waals surface area contributed by atoms with Crippen molar-refractivity contribution in [2.75, 3.05) is 11.9 Å². The number of benzene rings is 1.